The average Bonchev–Trinajstić information content (AvgIpc) is 3.09. The number of carbonyl (C=O) groups excluding carboxylic acids is 1. The first-order chi connectivity index (χ1) is 11.0. The van der Waals surface area contributed by atoms with Gasteiger partial charge in [-0.05, 0) is 18.2 Å². The summed E-state index contributed by atoms with van der Waals surface area (Å²) < 4.78 is 13.8. The zero-order chi connectivity index (χ0) is 16.4. The second-order valence-electron chi connectivity index (χ2n) is 5.28. The van der Waals surface area contributed by atoms with Crippen LogP contribution in [0.4, 0.5) is 10.2 Å². The maximum Gasteiger partial charge on any atom is 0.267 e. The highest BCUT2D eigenvalue weighted by atomic mass is 35.5. The van der Waals surface area contributed by atoms with E-state index in [1.54, 1.807) is 18.3 Å². The molecule has 3 heterocycles. The highest BCUT2D eigenvalue weighted by molar-refractivity contribution is 6.41. The molecule has 1 saturated heterocycles. The van der Waals surface area contributed by atoms with Crippen molar-refractivity contribution in [3.63, 3.8) is 0 Å². The number of rotatable bonds is 4. The van der Waals surface area contributed by atoms with Crippen LogP contribution in [0.15, 0.2) is 24.4 Å². The summed E-state index contributed by atoms with van der Waals surface area (Å²) in [5.74, 6) is 0.248. The van der Waals surface area contributed by atoms with Crippen LogP contribution in [-0.4, -0.2) is 46.4 Å². The topological polar surface area (TPSA) is 73.9 Å². The fraction of sp³-hybridized carbons (Fsp3) is 0.357. The normalized spacial score (nSPS) is 20.7. The van der Waals surface area contributed by atoms with Gasteiger partial charge < -0.3 is 15.2 Å². The second kappa shape index (κ2) is 6.72. The first-order valence-electron chi connectivity index (χ1n) is 7.05. The molecule has 122 valence electrons. The zero-order valence-corrected chi connectivity index (χ0v) is 13.5. The van der Waals surface area contributed by atoms with E-state index in [1.165, 1.54) is 6.07 Å². The van der Waals surface area contributed by atoms with Gasteiger partial charge in [0.1, 0.15) is 17.0 Å². The first-order valence-corrected chi connectivity index (χ1v) is 7.81. The Labute approximate surface area is 142 Å². The van der Waals surface area contributed by atoms with Crippen LogP contribution in [0.1, 0.15) is 16.9 Å². The summed E-state index contributed by atoms with van der Waals surface area (Å²) in [5, 5.41) is 11.1. The van der Waals surface area contributed by atoms with E-state index in [1.807, 2.05) is 4.90 Å². The molecule has 2 N–H and O–H groups in total. The summed E-state index contributed by atoms with van der Waals surface area (Å²) >= 11 is 11.6. The largest absolute Gasteiger partial charge is 0.349 e. The molecular formula is C14H14Cl2FN5O. The molecule has 1 amide bonds. The summed E-state index contributed by atoms with van der Waals surface area (Å²) in [7, 11) is 0. The number of aromatic amines is 1. The Morgan fingerprint density at radius 1 is 1.52 bits per heavy atom. The lowest BCUT2D eigenvalue weighted by atomic mass is 10.2. The van der Waals surface area contributed by atoms with Crippen molar-refractivity contribution in [2.24, 2.45) is 0 Å². The van der Waals surface area contributed by atoms with Gasteiger partial charge in [0.05, 0.1) is 17.6 Å². The number of nitrogens with zero attached hydrogens (tertiary/aromatic N) is 3. The predicted molar refractivity (Wildman–Crippen MR) is 85.8 cm³/mol. The minimum Gasteiger partial charge on any atom is -0.349 e. The summed E-state index contributed by atoms with van der Waals surface area (Å²) in [6.45, 7) is 0.517. The van der Waals surface area contributed by atoms with Crippen molar-refractivity contribution in [2.75, 3.05) is 18.0 Å². The van der Waals surface area contributed by atoms with Gasteiger partial charge in [0, 0.05) is 19.2 Å². The van der Waals surface area contributed by atoms with Crippen LogP contribution >= 0.6 is 23.2 Å². The van der Waals surface area contributed by atoms with Crippen molar-refractivity contribution in [1.29, 1.82) is 0 Å². The molecule has 1 fully saturated rings. The van der Waals surface area contributed by atoms with Gasteiger partial charge in [-0.25, -0.2) is 4.39 Å². The Kier molecular flexibility index (Phi) is 4.68. The number of aromatic nitrogens is 3. The van der Waals surface area contributed by atoms with Gasteiger partial charge in [-0.2, -0.15) is 5.10 Å². The molecule has 23 heavy (non-hydrogen) atoms. The van der Waals surface area contributed by atoms with Gasteiger partial charge in [-0.1, -0.05) is 23.2 Å². The number of alkyl halides is 1. The molecule has 0 bridgehead atoms. The van der Waals surface area contributed by atoms with E-state index in [2.05, 4.69) is 20.5 Å². The van der Waals surface area contributed by atoms with Gasteiger partial charge in [0.2, 0.25) is 0 Å². The molecule has 2 atom stereocenters. The molecule has 0 radical (unpaired) electrons. The number of hydrogen-bond acceptors (Lipinski definition) is 4. The summed E-state index contributed by atoms with van der Waals surface area (Å²) in [5.41, 5.74) is 0.265. The Morgan fingerprint density at radius 3 is 3.00 bits per heavy atom. The summed E-state index contributed by atoms with van der Waals surface area (Å²) in [4.78, 5) is 16.6. The lowest BCUT2D eigenvalue weighted by Gasteiger charge is -2.24. The first kappa shape index (κ1) is 16.0. The zero-order valence-electron chi connectivity index (χ0n) is 12.0. The van der Waals surface area contributed by atoms with Crippen LogP contribution in [0.3, 0.4) is 0 Å². The lowest BCUT2D eigenvalue weighted by Crippen LogP contribution is -2.40. The van der Waals surface area contributed by atoms with Crippen molar-refractivity contribution in [3.8, 4) is 0 Å². The minimum absolute atomic E-state index is 0.188. The number of H-pyrrole nitrogens is 1. The Balaban J connectivity index is 1.65. The number of halogens is 3. The number of amides is 1. The van der Waals surface area contributed by atoms with Crippen LogP contribution in [-0.2, 0) is 0 Å². The maximum atomic E-state index is 13.8. The van der Waals surface area contributed by atoms with E-state index in [4.69, 9.17) is 23.2 Å². The molecule has 0 unspecified atom stereocenters. The number of carbonyl (C=O) groups is 1. The van der Waals surface area contributed by atoms with Crippen LogP contribution in [0.25, 0.3) is 0 Å². The SMILES string of the molecule is O=C(NC[C@@H]1C[C@H](F)CN1c1cccnn1)c1cc(Cl)c(Cl)[nH]1. The molecule has 0 saturated carbocycles. The molecule has 6 nitrogen and oxygen atoms in total. The van der Waals surface area contributed by atoms with Crippen molar-refractivity contribution in [1.82, 2.24) is 20.5 Å². The number of nitrogens with one attached hydrogen (secondary N) is 2. The Hall–Kier alpha value is -1.86. The highest BCUT2D eigenvalue weighted by Gasteiger charge is 2.33. The van der Waals surface area contributed by atoms with Crippen molar-refractivity contribution >= 4 is 34.9 Å². The van der Waals surface area contributed by atoms with Gasteiger partial charge in [-0.3, -0.25) is 4.79 Å². The molecule has 0 aromatic carbocycles. The molecule has 2 aromatic rings. The molecule has 1 aliphatic heterocycles. The number of anilines is 1. The fourth-order valence-electron chi connectivity index (χ4n) is 2.61. The van der Waals surface area contributed by atoms with E-state index in [0.717, 1.165) is 0 Å². The van der Waals surface area contributed by atoms with Crippen LogP contribution in [0.2, 0.25) is 10.2 Å². The second-order valence-corrected chi connectivity index (χ2v) is 6.06. The Morgan fingerprint density at radius 2 is 2.35 bits per heavy atom. The smallest absolute Gasteiger partial charge is 0.267 e. The quantitative estimate of drug-likeness (QED) is 0.881. The average molecular weight is 358 g/mol. The summed E-state index contributed by atoms with van der Waals surface area (Å²) in [6, 6.07) is 4.77. The monoisotopic (exact) mass is 357 g/mol. The third-order valence-corrected chi connectivity index (χ3v) is 4.38. The Bertz CT molecular complexity index is 676. The molecule has 3 rings (SSSR count). The minimum atomic E-state index is -0.965. The van der Waals surface area contributed by atoms with Crippen LogP contribution in [0.5, 0.6) is 0 Å². The van der Waals surface area contributed by atoms with E-state index in [-0.39, 0.29) is 40.9 Å². The van der Waals surface area contributed by atoms with Crippen molar-refractivity contribution in [3.05, 3.63) is 40.3 Å². The van der Waals surface area contributed by atoms with Crippen molar-refractivity contribution < 1.29 is 9.18 Å². The molecule has 9 heteroatoms. The van der Waals surface area contributed by atoms with E-state index in [0.29, 0.717) is 12.2 Å². The van der Waals surface area contributed by atoms with Gasteiger partial charge in [0.25, 0.3) is 5.91 Å². The molecule has 0 spiro atoms. The third kappa shape index (κ3) is 3.56. The van der Waals surface area contributed by atoms with Gasteiger partial charge in [0.15, 0.2) is 5.82 Å². The molecule has 1 aliphatic rings. The van der Waals surface area contributed by atoms with Gasteiger partial charge in [-0.15, -0.1) is 5.10 Å². The third-order valence-electron chi connectivity index (χ3n) is 3.68. The van der Waals surface area contributed by atoms with E-state index >= 15 is 0 Å². The lowest BCUT2D eigenvalue weighted by molar-refractivity contribution is 0.0946. The van der Waals surface area contributed by atoms with Gasteiger partial charge >= 0.3 is 0 Å². The maximum absolute atomic E-state index is 13.8. The fourth-order valence-corrected chi connectivity index (χ4v) is 2.93. The predicted octanol–water partition coefficient (Wildman–Crippen LogP) is 2.46. The highest BCUT2D eigenvalue weighted by Crippen LogP contribution is 2.25. The number of hydrogen-bond donors (Lipinski definition) is 2. The van der Waals surface area contributed by atoms with Crippen LogP contribution in [0, 0.1) is 0 Å². The van der Waals surface area contributed by atoms with E-state index < -0.39 is 6.17 Å². The molecule has 2 aromatic heterocycles. The van der Waals surface area contributed by atoms with E-state index in [9.17, 15) is 9.18 Å². The molecular weight excluding hydrogens is 344 g/mol. The van der Waals surface area contributed by atoms with Crippen molar-refractivity contribution in [2.45, 2.75) is 18.6 Å². The standard InChI is InChI=1S/C14H14Cl2FN5O/c15-10-5-11(20-13(10)16)14(23)18-6-9-4-8(17)7-22(9)12-2-1-3-19-21-12/h1-3,5,8-9,20H,4,6-7H2,(H,18,23)/t8-,9-/m0/s1. The summed E-state index contributed by atoms with van der Waals surface area (Å²) in [6.07, 6.45) is 0.916. The molecule has 0 aliphatic carbocycles. The van der Waals surface area contributed by atoms with Crippen LogP contribution < -0.4 is 10.2 Å².